The predicted octanol–water partition coefficient (Wildman–Crippen LogP) is 1.09. The number of alkyl halides is 3. The Hall–Kier alpha value is -2.91. The number of carbonyl (C=O) groups is 4. The quantitative estimate of drug-likeness (QED) is 0.826. The van der Waals surface area contributed by atoms with Crippen LogP contribution in [0.3, 0.4) is 0 Å². The summed E-state index contributed by atoms with van der Waals surface area (Å²) < 4.78 is 36.1. The standard InChI is InChI=1S/C14H11F3N2O5/c15-14(16,17)13(23)18-7-8-1-3-9(4-2-8)12(22)24-19-10(20)5-6-11(19)21/h1-4H,5-7H2,(H,18,23). The molecule has 0 saturated carbocycles. The average Bonchev–Trinajstić information content (AvgIpc) is 2.84. The molecule has 1 aromatic rings. The van der Waals surface area contributed by atoms with Crippen molar-refractivity contribution in [2.45, 2.75) is 25.6 Å². The minimum atomic E-state index is -4.97. The molecule has 0 unspecified atom stereocenters. The van der Waals surface area contributed by atoms with Crippen LogP contribution in [0.1, 0.15) is 28.8 Å². The lowest BCUT2D eigenvalue weighted by atomic mass is 10.1. The van der Waals surface area contributed by atoms with Crippen LogP contribution in [0.5, 0.6) is 0 Å². The predicted molar refractivity (Wildman–Crippen MR) is 70.8 cm³/mol. The Morgan fingerprint density at radius 2 is 1.62 bits per heavy atom. The van der Waals surface area contributed by atoms with Gasteiger partial charge in [0.15, 0.2) is 0 Å². The lowest BCUT2D eigenvalue weighted by Crippen LogP contribution is -2.36. The van der Waals surface area contributed by atoms with Crippen molar-refractivity contribution in [1.82, 2.24) is 10.4 Å². The van der Waals surface area contributed by atoms with Gasteiger partial charge in [0.1, 0.15) is 0 Å². The number of hydrogen-bond donors (Lipinski definition) is 1. The summed E-state index contributed by atoms with van der Waals surface area (Å²) in [6, 6.07) is 5.09. The Bertz CT molecular complexity index is 669. The highest BCUT2D eigenvalue weighted by molar-refractivity contribution is 6.02. The van der Waals surface area contributed by atoms with Crippen LogP contribution in [0.2, 0.25) is 0 Å². The highest BCUT2D eigenvalue weighted by atomic mass is 19.4. The molecule has 1 saturated heterocycles. The summed E-state index contributed by atoms with van der Waals surface area (Å²) >= 11 is 0. The average molecular weight is 344 g/mol. The molecule has 1 N–H and O–H groups in total. The van der Waals surface area contributed by atoms with Crippen LogP contribution in [-0.2, 0) is 25.8 Å². The molecule has 24 heavy (non-hydrogen) atoms. The summed E-state index contributed by atoms with van der Waals surface area (Å²) in [5, 5.41) is 2.07. The van der Waals surface area contributed by atoms with Gasteiger partial charge in [-0.25, -0.2) is 4.79 Å². The van der Waals surface area contributed by atoms with E-state index in [9.17, 15) is 32.3 Å². The number of rotatable bonds is 4. The van der Waals surface area contributed by atoms with Gasteiger partial charge in [0.2, 0.25) is 0 Å². The molecule has 7 nitrogen and oxygen atoms in total. The van der Waals surface area contributed by atoms with Crippen LogP contribution in [0.15, 0.2) is 24.3 Å². The molecular weight excluding hydrogens is 333 g/mol. The van der Waals surface area contributed by atoms with E-state index >= 15 is 0 Å². The number of nitrogens with one attached hydrogen (secondary N) is 1. The van der Waals surface area contributed by atoms with Gasteiger partial charge < -0.3 is 10.2 Å². The highest BCUT2D eigenvalue weighted by Crippen LogP contribution is 2.16. The second-order valence-electron chi connectivity index (χ2n) is 4.84. The van der Waals surface area contributed by atoms with E-state index in [0.29, 0.717) is 10.6 Å². The summed E-state index contributed by atoms with van der Waals surface area (Å²) in [7, 11) is 0. The molecule has 0 bridgehead atoms. The zero-order valence-corrected chi connectivity index (χ0v) is 12.1. The van der Waals surface area contributed by atoms with Crippen molar-refractivity contribution in [3.05, 3.63) is 35.4 Å². The number of amides is 3. The van der Waals surface area contributed by atoms with Crippen molar-refractivity contribution in [2.24, 2.45) is 0 Å². The molecule has 128 valence electrons. The normalized spacial score (nSPS) is 14.7. The van der Waals surface area contributed by atoms with Crippen molar-refractivity contribution in [3.8, 4) is 0 Å². The molecule has 1 heterocycles. The van der Waals surface area contributed by atoms with Crippen LogP contribution in [0.25, 0.3) is 0 Å². The first-order valence-electron chi connectivity index (χ1n) is 6.70. The third-order valence-electron chi connectivity index (χ3n) is 3.08. The lowest BCUT2D eigenvalue weighted by molar-refractivity contribution is -0.173. The van der Waals surface area contributed by atoms with Crippen LogP contribution in [0.4, 0.5) is 13.2 Å². The summed E-state index contributed by atoms with van der Waals surface area (Å²) in [4.78, 5) is 49.8. The van der Waals surface area contributed by atoms with Gasteiger partial charge in [-0.1, -0.05) is 12.1 Å². The monoisotopic (exact) mass is 344 g/mol. The van der Waals surface area contributed by atoms with Gasteiger partial charge in [-0.15, -0.1) is 5.06 Å². The Morgan fingerprint density at radius 1 is 1.08 bits per heavy atom. The van der Waals surface area contributed by atoms with E-state index in [2.05, 4.69) is 4.84 Å². The Morgan fingerprint density at radius 3 is 2.12 bits per heavy atom. The molecule has 0 aromatic heterocycles. The van der Waals surface area contributed by atoms with Crippen molar-refractivity contribution in [1.29, 1.82) is 0 Å². The summed E-state index contributed by atoms with van der Waals surface area (Å²) in [5.41, 5.74) is 0.311. The van der Waals surface area contributed by atoms with Gasteiger partial charge in [0.05, 0.1) is 5.56 Å². The minimum absolute atomic E-state index is 0.00611. The fourth-order valence-corrected chi connectivity index (χ4v) is 1.83. The van der Waals surface area contributed by atoms with Crippen LogP contribution in [-0.4, -0.2) is 34.9 Å². The molecule has 0 radical (unpaired) electrons. The van der Waals surface area contributed by atoms with Crippen LogP contribution in [0, 0.1) is 0 Å². The third kappa shape index (κ3) is 4.09. The topological polar surface area (TPSA) is 92.8 Å². The first kappa shape index (κ1) is 17.4. The molecular formula is C14H11F3N2O5. The minimum Gasteiger partial charge on any atom is -0.344 e. The largest absolute Gasteiger partial charge is 0.471 e. The van der Waals surface area contributed by atoms with Crippen LogP contribution >= 0.6 is 0 Å². The molecule has 10 heteroatoms. The van der Waals surface area contributed by atoms with E-state index in [1.165, 1.54) is 24.3 Å². The zero-order chi connectivity index (χ0) is 17.9. The number of benzene rings is 1. The van der Waals surface area contributed by atoms with E-state index < -0.39 is 29.9 Å². The third-order valence-corrected chi connectivity index (χ3v) is 3.08. The second kappa shape index (κ2) is 6.69. The molecule has 2 rings (SSSR count). The number of hydrogen-bond acceptors (Lipinski definition) is 5. The van der Waals surface area contributed by atoms with Crippen molar-refractivity contribution >= 4 is 23.7 Å². The first-order valence-corrected chi connectivity index (χ1v) is 6.70. The highest BCUT2D eigenvalue weighted by Gasteiger charge is 2.38. The molecule has 3 amide bonds. The fourth-order valence-electron chi connectivity index (χ4n) is 1.83. The second-order valence-corrected chi connectivity index (χ2v) is 4.84. The molecule has 0 aliphatic carbocycles. The van der Waals surface area contributed by atoms with Crippen molar-refractivity contribution in [3.63, 3.8) is 0 Å². The Labute approximate surface area is 133 Å². The molecule has 1 aliphatic rings. The van der Waals surface area contributed by atoms with Gasteiger partial charge in [-0.2, -0.15) is 13.2 Å². The maximum Gasteiger partial charge on any atom is 0.471 e. The van der Waals surface area contributed by atoms with Gasteiger partial charge in [0, 0.05) is 19.4 Å². The number of hydroxylamine groups is 2. The molecule has 1 fully saturated rings. The lowest BCUT2D eigenvalue weighted by Gasteiger charge is -2.12. The molecule has 1 aliphatic heterocycles. The number of imide groups is 1. The van der Waals surface area contributed by atoms with Gasteiger partial charge in [-0.3, -0.25) is 14.4 Å². The summed E-state index contributed by atoms with van der Waals surface area (Å²) in [6.45, 7) is -0.378. The smallest absolute Gasteiger partial charge is 0.344 e. The van der Waals surface area contributed by atoms with E-state index in [1.807, 2.05) is 0 Å². The molecule has 1 aromatic carbocycles. The Balaban J connectivity index is 1.94. The summed E-state index contributed by atoms with van der Waals surface area (Å²) in [6.07, 6.45) is -5.05. The maximum atomic E-state index is 12.0. The van der Waals surface area contributed by atoms with Crippen LogP contribution < -0.4 is 5.32 Å². The maximum absolute atomic E-state index is 12.0. The summed E-state index contributed by atoms with van der Waals surface area (Å²) in [5.74, 6) is -4.28. The molecule has 0 atom stereocenters. The number of halogens is 3. The SMILES string of the molecule is O=C(ON1C(=O)CCC1=O)c1ccc(CNC(=O)C(F)(F)F)cc1. The van der Waals surface area contributed by atoms with Gasteiger partial charge in [0.25, 0.3) is 11.8 Å². The van der Waals surface area contributed by atoms with E-state index in [0.717, 1.165) is 0 Å². The first-order chi connectivity index (χ1) is 11.2. The van der Waals surface area contributed by atoms with E-state index in [1.54, 1.807) is 5.32 Å². The van der Waals surface area contributed by atoms with Crippen molar-refractivity contribution in [2.75, 3.05) is 0 Å². The number of carbonyl (C=O) groups excluding carboxylic acids is 4. The molecule has 0 spiro atoms. The zero-order valence-electron chi connectivity index (χ0n) is 12.1. The van der Waals surface area contributed by atoms with Gasteiger partial charge in [-0.05, 0) is 17.7 Å². The van der Waals surface area contributed by atoms with Crippen molar-refractivity contribution < 1.29 is 37.2 Å². The van der Waals surface area contributed by atoms with E-state index in [-0.39, 0.29) is 24.9 Å². The Kier molecular flexibility index (Phi) is 4.86. The fraction of sp³-hybridized carbons (Fsp3) is 0.286. The van der Waals surface area contributed by atoms with Gasteiger partial charge >= 0.3 is 18.1 Å². The van der Waals surface area contributed by atoms with E-state index in [4.69, 9.17) is 0 Å². The number of nitrogens with zero attached hydrogens (tertiary/aromatic N) is 1.